The lowest BCUT2D eigenvalue weighted by Crippen LogP contribution is -2.40. The van der Waals surface area contributed by atoms with Crippen LogP contribution in [0.4, 0.5) is 0 Å². The summed E-state index contributed by atoms with van der Waals surface area (Å²) in [6.07, 6.45) is 0.862. The van der Waals surface area contributed by atoms with Crippen molar-refractivity contribution in [2.75, 3.05) is 33.4 Å². The lowest BCUT2D eigenvalue weighted by molar-refractivity contribution is -0.0464. The van der Waals surface area contributed by atoms with Gasteiger partial charge in [0.2, 0.25) is 0 Å². The zero-order valence-corrected chi connectivity index (χ0v) is 7.86. The number of hydrogen-bond acceptors (Lipinski definition) is 4. The molecule has 74 valence electrons. The van der Waals surface area contributed by atoms with Crippen molar-refractivity contribution >= 4 is 0 Å². The highest BCUT2D eigenvalue weighted by Gasteiger charge is 2.13. The van der Waals surface area contributed by atoms with Crippen molar-refractivity contribution in [3.63, 3.8) is 0 Å². The van der Waals surface area contributed by atoms with Gasteiger partial charge < -0.3 is 14.9 Å². The largest absolute Gasteiger partial charge is 0.395 e. The van der Waals surface area contributed by atoms with Gasteiger partial charge in [0.1, 0.15) is 6.23 Å². The molecule has 12 heavy (non-hydrogen) atoms. The molecule has 2 N–H and O–H groups in total. The van der Waals surface area contributed by atoms with Gasteiger partial charge in [-0.15, -0.1) is 0 Å². The van der Waals surface area contributed by atoms with Gasteiger partial charge in [0, 0.05) is 20.2 Å². The molecule has 0 spiro atoms. The average Bonchev–Trinajstić information content (AvgIpc) is 2.07. The maximum atomic E-state index is 8.72. The molecule has 0 aliphatic rings. The van der Waals surface area contributed by atoms with Crippen molar-refractivity contribution in [2.24, 2.45) is 0 Å². The van der Waals surface area contributed by atoms with Crippen LogP contribution in [0.1, 0.15) is 13.3 Å². The quantitative estimate of drug-likeness (QED) is 0.522. The van der Waals surface area contributed by atoms with Crippen LogP contribution in [0.3, 0.4) is 0 Å². The summed E-state index contributed by atoms with van der Waals surface area (Å²) in [5.41, 5.74) is 0. The first-order chi connectivity index (χ1) is 5.79. The van der Waals surface area contributed by atoms with E-state index in [2.05, 4.69) is 0 Å². The molecule has 1 unspecified atom stereocenters. The first-order valence-corrected chi connectivity index (χ1v) is 4.28. The number of rotatable bonds is 7. The summed E-state index contributed by atoms with van der Waals surface area (Å²) >= 11 is 0. The van der Waals surface area contributed by atoms with E-state index in [1.807, 2.05) is 11.8 Å². The third-order valence-corrected chi connectivity index (χ3v) is 1.80. The highest BCUT2D eigenvalue weighted by Crippen LogP contribution is 2.03. The molecule has 0 heterocycles. The van der Waals surface area contributed by atoms with E-state index >= 15 is 0 Å². The Bertz CT molecular complexity index is 90.3. The number of aliphatic hydroxyl groups is 2. The first kappa shape index (κ1) is 11.8. The van der Waals surface area contributed by atoms with E-state index in [4.69, 9.17) is 14.9 Å². The monoisotopic (exact) mass is 177 g/mol. The van der Waals surface area contributed by atoms with E-state index in [1.165, 1.54) is 0 Å². The van der Waals surface area contributed by atoms with Crippen LogP contribution in [0.2, 0.25) is 0 Å². The maximum absolute atomic E-state index is 8.72. The summed E-state index contributed by atoms with van der Waals surface area (Å²) in [6.45, 7) is 3.30. The van der Waals surface area contributed by atoms with E-state index < -0.39 is 0 Å². The number of nitrogens with zero attached hydrogens (tertiary/aromatic N) is 1. The summed E-state index contributed by atoms with van der Waals surface area (Å²) in [5.74, 6) is 0. The topological polar surface area (TPSA) is 52.9 Å². The molecule has 1 atom stereocenters. The molecule has 0 amide bonds. The van der Waals surface area contributed by atoms with Gasteiger partial charge in [-0.25, -0.2) is 0 Å². The molecule has 0 rings (SSSR count). The van der Waals surface area contributed by atoms with E-state index in [1.54, 1.807) is 7.11 Å². The van der Waals surface area contributed by atoms with Gasteiger partial charge >= 0.3 is 0 Å². The predicted octanol–water partition coefficient (Wildman–Crippen LogP) is -0.345. The minimum Gasteiger partial charge on any atom is -0.395 e. The standard InChI is InChI=1S/C8H19NO3/c1-3-8(12-2)9(4-6-10)5-7-11/h8,10-11H,3-7H2,1-2H3. The van der Waals surface area contributed by atoms with Crippen LogP contribution >= 0.6 is 0 Å². The summed E-state index contributed by atoms with van der Waals surface area (Å²) in [7, 11) is 1.63. The molecule has 0 saturated heterocycles. The van der Waals surface area contributed by atoms with Crippen LogP contribution in [0.15, 0.2) is 0 Å². The Morgan fingerprint density at radius 1 is 1.25 bits per heavy atom. The SMILES string of the molecule is CCC(OC)N(CCO)CCO. The number of ether oxygens (including phenoxy) is 1. The summed E-state index contributed by atoms with van der Waals surface area (Å²) in [5, 5.41) is 17.4. The van der Waals surface area contributed by atoms with Crippen LogP contribution in [-0.2, 0) is 4.74 Å². The van der Waals surface area contributed by atoms with Crippen molar-refractivity contribution in [3.8, 4) is 0 Å². The predicted molar refractivity (Wildman–Crippen MR) is 46.8 cm³/mol. The first-order valence-electron chi connectivity index (χ1n) is 4.28. The van der Waals surface area contributed by atoms with Crippen molar-refractivity contribution in [3.05, 3.63) is 0 Å². The number of methoxy groups -OCH3 is 1. The molecule has 0 saturated carbocycles. The second kappa shape index (κ2) is 7.49. The zero-order chi connectivity index (χ0) is 9.40. The molecule has 4 nitrogen and oxygen atoms in total. The lowest BCUT2D eigenvalue weighted by atomic mass is 10.3. The minimum absolute atomic E-state index is 0.00398. The van der Waals surface area contributed by atoms with Gasteiger partial charge in [0.15, 0.2) is 0 Å². The molecule has 0 aromatic carbocycles. The Morgan fingerprint density at radius 2 is 1.75 bits per heavy atom. The maximum Gasteiger partial charge on any atom is 0.110 e. The van der Waals surface area contributed by atoms with Crippen LogP contribution in [0, 0.1) is 0 Å². The third kappa shape index (κ3) is 4.01. The van der Waals surface area contributed by atoms with E-state index in [0.717, 1.165) is 6.42 Å². The fourth-order valence-corrected chi connectivity index (χ4v) is 1.23. The van der Waals surface area contributed by atoms with Crippen LogP contribution < -0.4 is 0 Å². The van der Waals surface area contributed by atoms with Gasteiger partial charge in [-0.3, -0.25) is 4.90 Å². The molecule has 0 aromatic rings. The summed E-state index contributed by atoms with van der Waals surface area (Å²) < 4.78 is 5.17. The van der Waals surface area contributed by atoms with E-state index in [0.29, 0.717) is 13.1 Å². The van der Waals surface area contributed by atoms with Gasteiger partial charge in [-0.05, 0) is 6.42 Å². The highest BCUT2D eigenvalue weighted by atomic mass is 16.5. The zero-order valence-electron chi connectivity index (χ0n) is 7.86. The second-order valence-corrected chi connectivity index (χ2v) is 2.58. The van der Waals surface area contributed by atoms with Crippen molar-refractivity contribution in [1.82, 2.24) is 4.90 Å². The molecule has 0 aliphatic carbocycles. The Kier molecular flexibility index (Phi) is 7.39. The van der Waals surface area contributed by atoms with Crippen molar-refractivity contribution in [2.45, 2.75) is 19.6 Å². The summed E-state index contributed by atoms with van der Waals surface area (Å²) in [6, 6.07) is 0. The van der Waals surface area contributed by atoms with E-state index in [-0.39, 0.29) is 19.4 Å². The molecule has 0 aliphatic heterocycles. The van der Waals surface area contributed by atoms with E-state index in [9.17, 15) is 0 Å². The Hall–Kier alpha value is -0.160. The highest BCUT2D eigenvalue weighted by molar-refractivity contribution is 4.60. The minimum atomic E-state index is 0.00398. The molecular formula is C8H19NO3. The van der Waals surface area contributed by atoms with Crippen molar-refractivity contribution < 1.29 is 14.9 Å². The fourth-order valence-electron chi connectivity index (χ4n) is 1.23. The van der Waals surface area contributed by atoms with Crippen LogP contribution in [-0.4, -0.2) is 54.8 Å². The molecule has 0 radical (unpaired) electrons. The smallest absolute Gasteiger partial charge is 0.110 e. The van der Waals surface area contributed by atoms with Crippen LogP contribution in [0.5, 0.6) is 0 Å². The Labute approximate surface area is 73.8 Å². The third-order valence-electron chi connectivity index (χ3n) is 1.80. The molecule has 0 bridgehead atoms. The average molecular weight is 177 g/mol. The molecule has 0 aromatic heterocycles. The van der Waals surface area contributed by atoms with Crippen LogP contribution in [0.25, 0.3) is 0 Å². The van der Waals surface area contributed by atoms with Gasteiger partial charge in [-0.1, -0.05) is 6.92 Å². The van der Waals surface area contributed by atoms with Gasteiger partial charge in [-0.2, -0.15) is 0 Å². The van der Waals surface area contributed by atoms with Crippen molar-refractivity contribution in [1.29, 1.82) is 0 Å². The Balaban J connectivity index is 3.86. The molecule has 4 heteroatoms. The Morgan fingerprint density at radius 3 is 2.00 bits per heavy atom. The number of aliphatic hydroxyl groups excluding tert-OH is 2. The lowest BCUT2D eigenvalue weighted by Gasteiger charge is -2.28. The molecule has 0 fully saturated rings. The number of hydrogen-bond donors (Lipinski definition) is 2. The fraction of sp³-hybridized carbons (Fsp3) is 1.00. The second-order valence-electron chi connectivity index (χ2n) is 2.58. The summed E-state index contributed by atoms with van der Waals surface area (Å²) in [4.78, 5) is 1.92. The normalized spacial score (nSPS) is 13.8. The van der Waals surface area contributed by atoms with Gasteiger partial charge in [0.25, 0.3) is 0 Å². The molecular weight excluding hydrogens is 158 g/mol. The van der Waals surface area contributed by atoms with Gasteiger partial charge in [0.05, 0.1) is 13.2 Å².